The smallest absolute Gasteiger partial charge is 0.0917 e. The number of benzene rings is 1. The van der Waals surface area contributed by atoms with Gasteiger partial charge in [0.15, 0.2) is 0 Å². The van der Waals surface area contributed by atoms with Crippen molar-refractivity contribution in [2.24, 2.45) is 0 Å². The number of nitrogens with two attached hydrogens (primary N) is 1. The highest BCUT2D eigenvalue weighted by Crippen LogP contribution is 2.17. The highest BCUT2D eigenvalue weighted by atomic mass is 16.3. The van der Waals surface area contributed by atoms with Crippen molar-refractivity contribution in [2.75, 3.05) is 38.2 Å². The first-order valence-corrected chi connectivity index (χ1v) is 5.77. The maximum atomic E-state index is 10.1. The molecule has 0 aliphatic carbocycles. The minimum absolute atomic E-state index is 0.494. The number of hydrogen-bond donors (Lipinski definition) is 3. The topological polar surface area (TPSA) is 61.5 Å². The van der Waals surface area contributed by atoms with Crippen molar-refractivity contribution >= 4 is 11.4 Å². The summed E-state index contributed by atoms with van der Waals surface area (Å²) in [5.41, 5.74) is 7.80. The van der Waals surface area contributed by atoms with Gasteiger partial charge in [0.25, 0.3) is 0 Å². The second-order valence-corrected chi connectivity index (χ2v) is 5.22. The summed E-state index contributed by atoms with van der Waals surface area (Å²) in [7, 11) is 3.89. The number of anilines is 2. The zero-order chi connectivity index (χ0) is 13.1. The molecule has 0 saturated carbocycles. The highest BCUT2D eigenvalue weighted by molar-refractivity contribution is 5.56. The van der Waals surface area contributed by atoms with E-state index in [1.807, 2.05) is 51.0 Å². The first-order chi connectivity index (χ1) is 7.78. The molecule has 0 amide bonds. The molecule has 17 heavy (non-hydrogen) atoms. The predicted molar refractivity (Wildman–Crippen MR) is 73.3 cm³/mol. The molecule has 1 aromatic carbocycles. The fraction of sp³-hybridized carbons (Fsp3) is 0.538. The van der Waals surface area contributed by atoms with E-state index < -0.39 is 5.60 Å². The van der Waals surface area contributed by atoms with E-state index in [4.69, 9.17) is 5.73 Å². The first kappa shape index (κ1) is 13.8. The molecule has 4 nitrogen and oxygen atoms in total. The molecule has 1 rings (SSSR count). The Hall–Kier alpha value is -1.26. The third-order valence-corrected chi connectivity index (χ3v) is 2.43. The molecular weight excluding hydrogens is 214 g/mol. The number of hydrogen-bond acceptors (Lipinski definition) is 4. The Labute approximate surface area is 103 Å². The molecule has 0 spiro atoms. The van der Waals surface area contributed by atoms with Crippen LogP contribution in [0.25, 0.3) is 0 Å². The third-order valence-electron chi connectivity index (χ3n) is 2.43. The Morgan fingerprint density at radius 1 is 1.35 bits per heavy atom. The van der Waals surface area contributed by atoms with E-state index in [0.29, 0.717) is 13.1 Å². The zero-order valence-corrected chi connectivity index (χ0v) is 11.1. The lowest BCUT2D eigenvalue weighted by Gasteiger charge is -2.27. The SMILES string of the molecule is Cc1cc(N)cc(NCC(C)(O)CN(C)C)c1. The summed E-state index contributed by atoms with van der Waals surface area (Å²) in [6, 6.07) is 5.81. The van der Waals surface area contributed by atoms with Crippen LogP contribution < -0.4 is 11.1 Å². The molecule has 4 heteroatoms. The van der Waals surface area contributed by atoms with E-state index in [1.165, 1.54) is 0 Å². The number of rotatable bonds is 5. The summed E-state index contributed by atoms with van der Waals surface area (Å²) in [6.07, 6.45) is 0. The molecule has 0 saturated heterocycles. The van der Waals surface area contributed by atoms with E-state index in [1.54, 1.807) is 0 Å². The van der Waals surface area contributed by atoms with Crippen molar-refractivity contribution in [1.29, 1.82) is 0 Å². The molecular formula is C13H23N3O. The quantitative estimate of drug-likeness (QED) is 0.676. The molecule has 96 valence electrons. The number of nitrogens with zero attached hydrogens (tertiary/aromatic N) is 1. The van der Waals surface area contributed by atoms with Gasteiger partial charge in [-0.2, -0.15) is 0 Å². The monoisotopic (exact) mass is 237 g/mol. The molecule has 0 aromatic heterocycles. The molecule has 0 radical (unpaired) electrons. The number of nitrogen functional groups attached to an aromatic ring is 1. The minimum atomic E-state index is -0.762. The number of aryl methyl sites for hydroxylation is 1. The van der Waals surface area contributed by atoms with Gasteiger partial charge in [-0.15, -0.1) is 0 Å². The Morgan fingerprint density at radius 2 is 2.00 bits per heavy atom. The molecule has 1 aromatic rings. The summed E-state index contributed by atoms with van der Waals surface area (Å²) in [5.74, 6) is 0. The van der Waals surface area contributed by atoms with Crippen LogP contribution in [-0.2, 0) is 0 Å². The Morgan fingerprint density at radius 3 is 2.53 bits per heavy atom. The lowest BCUT2D eigenvalue weighted by molar-refractivity contribution is 0.0460. The summed E-state index contributed by atoms with van der Waals surface area (Å²) < 4.78 is 0. The third kappa shape index (κ3) is 5.06. The van der Waals surface area contributed by atoms with Gasteiger partial charge in [-0.3, -0.25) is 0 Å². The van der Waals surface area contributed by atoms with Crippen molar-refractivity contribution in [3.63, 3.8) is 0 Å². The van der Waals surface area contributed by atoms with Gasteiger partial charge in [-0.1, -0.05) is 0 Å². The van der Waals surface area contributed by atoms with Gasteiger partial charge >= 0.3 is 0 Å². The van der Waals surface area contributed by atoms with Crippen LogP contribution >= 0.6 is 0 Å². The van der Waals surface area contributed by atoms with Crippen molar-refractivity contribution in [3.05, 3.63) is 23.8 Å². The van der Waals surface area contributed by atoms with Gasteiger partial charge in [0.2, 0.25) is 0 Å². The van der Waals surface area contributed by atoms with E-state index >= 15 is 0 Å². The van der Waals surface area contributed by atoms with Crippen molar-refractivity contribution in [1.82, 2.24) is 4.90 Å². The van der Waals surface area contributed by atoms with Gasteiger partial charge in [-0.05, 0) is 51.7 Å². The summed E-state index contributed by atoms with van der Waals surface area (Å²) in [4.78, 5) is 1.96. The summed E-state index contributed by atoms with van der Waals surface area (Å²) in [6.45, 7) is 4.92. The Bertz CT molecular complexity index is 355. The maximum absolute atomic E-state index is 10.1. The number of likely N-dealkylation sites (N-methyl/N-ethyl adjacent to an activating group) is 1. The minimum Gasteiger partial charge on any atom is -0.399 e. The van der Waals surface area contributed by atoms with Gasteiger partial charge in [0, 0.05) is 24.5 Å². The van der Waals surface area contributed by atoms with Crippen LogP contribution in [0.5, 0.6) is 0 Å². The predicted octanol–water partition coefficient (Wildman–Crippen LogP) is 1.30. The first-order valence-electron chi connectivity index (χ1n) is 5.77. The normalized spacial score (nSPS) is 14.7. The average molecular weight is 237 g/mol. The number of aliphatic hydroxyl groups is 1. The van der Waals surface area contributed by atoms with Crippen molar-refractivity contribution in [3.8, 4) is 0 Å². The summed E-state index contributed by atoms with van der Waals surface area (Å²) >= 11 is 0. The van der Waals surface area contributed by atoms with E-state index in [2.05, 4.69) is 5.32 Å². The van der Waals surface area contributed by atoms with Gasteiger partial charge in [0.05, 0.1) is 5.60 Å². The Balaban J connectivity index is 2.60. The molecule has 0 fully saturated rings. The fourth-order valence-corrected chi connectivity index (χ4v) is 1.94. The standard InChI is InChI=1S/C13H23N3O/c1-10-5-11(14)7-12(6-10)15-8-13(2,17)9-16(3)4/h5-7,15,17H,8-9,14H2,1-4H3. The molecule has 0 bridgehead atoms. The van der Waals surface area contributed by atoms with Crippen LogP contribution in [0.1, 0.15) is 12.5 Å². The van der Waals surface area contributed by atoms with Crippen LogP contribution in [0.15, 0.2) is 18.2 Å². The van der Waals surface area contributed by atoms with Gasteiger partial charge in [-0.25, -0.2) is 0 Å². The fourth-order valence-electron chi connectivity index (χ4n) is 1.94. The van der Waals surface area contributed by atoms with Crippen LogP contribution in [0.3, 0.4) is 0 Å². The Kier molecular flexibility index (Phi) is 4.37. The molecule has 1 atom stereocenters. The van der Waals surface area contributed by atoms with Gasteiger partial charge < -0.3 is 21.1 Å². The van der Waals surface area contributed by atoms with Crippen LogP contribution in [-0.4, -0.2) is 42.8 Å². The second-order valence-electron chi connectivity index (χ2n) is 5.22. The van der Waals surface area contributed by atoms with Crippen molar-refractivity contribution < 1.29 is 5.11 Å². The summed E-state index contributed by atoms with van der Waals surface area (Å²) in [5, 5.41) is 13.4. The highest BCUT2D eigenvalue weighted by Gasteiger charge is 2.20. The van der Waals surface area contributed by atoms with Crippen LogP contribution in [0, 0.1) is 6.92 Å². The molecule has 0 heterocycles. The molecule has 0 aliphatic rings. The maximum Gasteiger partial charge on any atom is 0.0917 e. The van der Waals surface area contributed by atoms with Gasteiger partial charge in [0.1, 0.15) is 0 Å². The van der Waals surface area contributed by atoms with Crippen LogP contribution in [0.2, 0.25) is 0 Å². The van der Waals surface area contributed by atoms with E-state index in [9.17, 15) is 5.11 Å². The second kappa shape index (κ2) is 5.38. The number of nitrogens with one attached hydrogen (secondary N) is 1. The van der Waals surface area contributed by atoms with Crippen molar-refractivity contribution in [2.45, 2.75) is 19.4 Å². The lowest BCUT2D eigenvalue weighted by Crippen LogP contribution is -2.43. The van der Waals surface area contributed by atoms with Crippen LogP contribution in [0.4, 0.5) is 11.4 Å². The zero-order valence-electron chi connectivity index (χ0n) is 11.1. The molecule has 1 unspecified atom stereocenters. The average Bonchev–Trinajstić information content (AvgIpc) is 2.11. The van der Waals surface area contributed by atoms with E-state index in [-0.39, 0.29) is 0 Å². The molecule has 0 aliphatic heterocycles. The van der Waals surface area contributed by atoms with E-state index in [0.717, 1.165) is 16.9 Å². The lowest BCUT2D eigenvalue weighted by atomic mass is 10.1. The molecule has 4 N–H and O–H groups in total. The largest absolute Gasteiger partial charge is 0.399 e.